The van der Waals surface area contributed by atoms with Gasteiger partial charge in [0.05, 0.1) is 0 Å². The van der Waals surface area contributed by atoms with Crippen molar-refractivity contribution in [2.45, 2.75) is 73.6 Å². The SMILES string of the molecule is CC=C(CCCC(C)C)C(C)CCC=C(C)C. The van der Waals surface area contributed by atoms with Crippen molar-refractivity contribution in [1.29, 1.82) is 0 Å². The molecule has 0 aromatic carbocycles. The second-order valence-electron chi connectivity index (χ2n) is 5.91. The van der Waals surface area contributed by atoms with E-state index in [1.54, 1.807) is 5.57 Å². The lowest BCUT2D eigenvalue weighted by Gasteiger charge is -2.16. The van der Waals surface area contributed by atoms with Crippen molar-refractivity contribution in [2.24, 2.45) is 11.8 Å². The standard InChI is InChI=1S/C17H32/c1-7-17(13-9-11-15(4)5)16(6)12-8-10-14(2)3/h7,10,15-16H,8-9,11-13H2,1-6H3. The molecule has 0 aliphatic carbocycles. The van der Waals surface area contributed by atoms with Crippen LogP contribution in [0.25, 0.3) is 0 Å². The average Bonchev–Trinajstić information content (AvgIpc) is 2.23. The molecule has 0 nitrogen and oxygen atoms in total. The van der Waals surface area contributed by atoms with Crippen molar-refractivity contribution < 1.29 is 0 Å². The summed E-state index contributed by atoms with van der Waals surface area (Å²) in [6.07, 6.45) is 11.2. The van der Waals surface area contributed by atoms with Crippen LogP contribution < -0.4 is 0 Å². The van der Waals surface area contributed by atoms with E-state index in [4.69, 9.17) is 0 Å². The summed E-state index contributed by atoms with van der Waals surface area (Å²) in [5.74, 6) is 1.59. The molecule has 0 N–H and O–H groups in total. The molecule has 100 valence electrons. The Morgan fingerprint density at radius 3 is 2.18 bits per heavy atom. The number of allylic oxidation sites excluding steroid dienone is 4. The van der Waals surface area contributed by atoms with Crippen molar-refractivity contribution in [3.05, 3.63) is 23.3 Å². The zero-order chi connectivity index (χ0) is 13.3. The summed E-state index contributed by atoms with van der Waals surface area (Å²) >= 11 is 0. The molecule has 0 radical (unpaired) electrons. The monoisotopic (exact) mass is 236 g/mol. The van der Waals surface area contributed by atoms with Gasteiger partial charge in [-0.1, -0.05) is 50.5 Å². The first-order valence-corrected chi connectivity index (χ1v) is 7.25. The molecule has 0 aromatic rings. The lowest BCUT2D eigenvalue weighted by atomic mass is 9.90. The molecule has 0 amide bonds. The lowest BCUT2D eigenvalue weighted by Crippen LogP contribution is -2.00. The van der Waals surface area contributed by atoms with E-state index in [1.165, 1.54) is 37.7 Å². The minimum Gasteiger partial charge on any atom is -0.0882 e. The van der Waals surface area contributed by atoms with Crippen molar-refractivity contribution in [3.63, 3.8) is 0 Å². The Morgan fingerprint density at radius 2 is 1.71 bits per heavy atom. The molecular weight excluding hydrogens is 204 g/mol. The van der Waals surface area contributed by atoms with Gasteiger partial charge in [-0.25, -0.2) is 0 Å². The van der Waals surface area contributed by atoms with Crippen LogP contribution in [0.15, 0.2) is 23.3 Å². The summed E-state index contributed by atoms with van der Waals surface area (Å²) in [7, 11) is 0. The molecule has 0 heteroatoms. The van der Waals surface area contributed by atoms with E-state index in [-0.39, 0.29) is 0 Å². The van der Waals surface area contributed by atoms with Crippen molar-refractivity contribution in [2.75, 3.05) is 0 Å². The fourth-order valence-corrected chi connectivity index (χ4v) is 2.20. The topological polar surface area (TPSA) is 0 Å². The van der Waals surface area contributed by atoms with Crippen LogP contribution in [0.4, 0.5) is 0 Å². The first-order chi connectivity index (χ1) is 7.97. The van der Waals surface area contributed by atoms with E-state index >= 15 is 0 Å². The molecule has 0 saturated carbocycles. The fraction of sp³-hybridized carbons (Fsp3) is 0.765. The van der Waals surface area contributed by atoms with Gasteiger partial charge in [-0.2, -0.15) is 0 Å². The predicted molar refractivity (Wildman–Crippen MR) is 80.3 cm³/mol. The van der Waals surface area contributed by atoms with Gasteiger partial charge in [-0.3, -0.25) is 0 Å². The maximum Gasteiger partial charge on any atom is -0.0229 e. The Bertz CT molecular complexity index is 239. The quantitative estimate of drug-likeness (QED) is 0.444. The molecule has 1 atom stereocenters. The zero-order valence-electron chi connectivity index (χ0n) is 12.8. The highest BCUT2D eigenvalue weighted by molar-refractivity contribution is 5.05. The van der Waals surface area contributed by atoms with E-state index < -0.39 is 0 Å². The highest BCUT2D eigenvalue weighted by atomic mass is 14.1. The molecule has 0 fully saturated rings. The van der Waals surface area contributed by atoms with Gasteiger partial charge in [0.15, 0.2) is 0 Å². The average molecular weight is 236 g/mol. The van der Waals surface area contributed by atoms with Crippen LogP contribution in [0.5, 0.6) is 0 Å². The van der Waals surface area contributed by atoms with Gasteiger partial charge in [0.2, 0.25) is 0 Å². The maximum absolute atomic E-state index is 2.38. The molecule has 0 saturated heterocycles. The molecule has 0 rings (SSSR count). The van der Waals surface area contributed by atoms with Gasteiger partial charge in [-0.15, -0.1) is 0 Å². The Morgan fingerprint density at radius 1 is 1.06 bits per heavy atom. The Balaban J connectivity index is 3.96. The van der Waals surface area contributed by atoms with Gasteiger partial charge in [0.25, 0.3) is 0 Å². The first kappa shape index (κ1) is 16.5. The molecular formula is C17H32. The van der Waals surface area contributed by atoms with Crippen molar-refractivity contribution >= 4 is 0 Å². The minimum atomic E-state index is 0.753. The molecule has 0 heterocycles. The summed E-state index contributed by atoms with van der Waals surface area (Å²) in [6.45, 7) is 13.6. The normalized spacial score (nSPS) is 13.9. The Kier molecular flexibility index (Phi) is 9.21. The van der Waals surface area contributed by atoms with Crippen LogP contribution in [0.2, 0.25) is 0 Å². The second-order valence-corrected chi connectivity index (χ2v) is 5.91. The highest BCUT2D eigenvalue weighted by Gasteiger charge is 2.07. The maximum atomic E-state index is 2.38. The number of rotatable bonds is 8. The van der Waals surface area contributed by atoms with Crippen molar-refractivity contribution in [3.8, 4) is 0 Å². The van der Waals surface area contributed by atoms with Gasteiger partial charge in [-0.05, 0) is 58.3 Å². The molecule has 0 spiro atoms. The predicted octanol–water partition coefficient (Wildman–Crippen LogP) is 6.14. The summed E-state index contributed by atoms with van der Waals surface area (Å²) < 4.78 is 0. The first-order valence-electron chi connectivity index (χ1n) is 7.25. The van der Waals surface area contributed by atoms with E-state index in [2.05, 4.69) is 53.7 Å². The van der Waals surface area contributed by atoms with Crippen LogP contribution in [-0.2, 0) is 0 Å². The third-order valence-electron chi connectivity index (χ3n) is 3.40. The minimum absolute atomic E-state index is 0.753. The molecule has 0 aliphatic heterocycles. The third kappa shape index (κ3) is 9.21. The summed E-state index contributed by atoms with van der Waals surface area (Å²) in [5.41, 5.74) is 3.10. The zero-order valence-corrected chi connectivity index (χ0v) is 12.8. The van der Waals surface area contributed by atoms with Crippen LogP contribution in [0.1, 0.15) is 73.6 Å². The fourth-order valence-electron chi connectivity index (χ4n) is 2.20. The van der Waals surface area contributed by atoms with Gasteiger partial charge < -0.3 is 0 Å². The van der Waals surface area contributed by atoms with Crippen LogP contribution in [0.3, 0.4) is 0 Å². The molecule has 0 aliphatic rings. The summed E-state index contributed by atoms with van der Waals surface area (Å²) in [4.78, 5) is 0. The van der Waals surface area contributed by atoms with E-state index in [0.717, 1.165) is 11.8 Å². The molecule has 0 bridgehead atoms. The van der Waals surface area contributed by atoms with E-state index in [9.17, 15) is 0 Å². The summed E-state index contributed by atoms with van der Waals surface area (Å²) in [5, 5.41) is 0. The smallest absolute Gasteiger partial charge is 0.0229 e. The Hall–Kier alpha value is -0.520. The lowest BCUT2D eigenvalue weighted by molar-refractivity contribution is 0.524. The molecule has 0 aromatic heterocycles. The van der Waals surface area contributed by atoms with Gasteiger partial charge in [0, 0.05) is 0 Å². The van der Waals surface area contributed by atoms with E-state index in [1.807, 2.05) is 0 Å². The largest absolute Gasteiger partial charge is 0.0882 e. The number of hydrogen-bond acceptors (Lipinski definition) is 0. The van der Waals surface area contributed by atoms with E-state index in [0.29, 0.717) is 0 Å². The summed E-state index contributed by atoms with van der Waals surface area (Å²) in [6, 6.07) is 0. The Labute approximate surface area is 109 Å². The van der Waals surface area contributed by atoms with Gasteiger partial charge in [0.1, 0.15) is 0 Å². The molecule has 1 unspecified atom stereocenters. The van der Waals surface area contributed by atoms with Crippen LogP contribution >= 0.6 is 0 Å². The molecule has 17 heavy (non-hydrogen) atoms. The highest BCUT2D eigenvalue weighted by Crippen LogP contribution is 2.23. The van der Waals surface area contributed by atoms with Gasteiger partial charge >= 0.3 is 0 Å². The second kappa shape index (κ2) is 9.50. The third-order valence-corrected chi connectivity index (χ3v) is 3.40. The van der Waals surface area contributed by atoms with Crippen molar-refractivity contribution in [1.82, 2.24) is 0 Å². The number of hydrogen-bond donors (Lipinski definition) is 0. The van der Waals surface area contributed by atoms with Crippen LogP contribution in [-0.4, -0.2) is 0 Å². The van der Waals surface area contributed by atoms with Crippen LogP contribution in [0, 0.1) is 11.8 Å².